The van der Waals surface area contributed by atoms with Gasteiger partial charge in [0.2, 0.25) is 0 Å². The Hall–Kier alpha value is -3.37. The molecule has 1 aliphatic rings. The first-order valence-electron chi connectivity index (χ1n) is 9.25. The maximum Gasteiger partial charge on any atom is 0.299 e. The van der Waals surface area contributed by atoms with Crippen molar-refractivity contribution in [2.45, 2.75) is 44.7 Å². The topological polar surface area (TPSA) is 106 Å². The van der Waals surface area contributed by atoms with Gasteiger partial charge in [-0.25, -0.2) is 18.2 Å². The van der Waals surface area contributed by atoms with Crippen molar-refractivity contribution in [3.63, 3.8) is 0 Å². The summed E-state index contributed by atoms with van der Waals surface area (Å²) in [6, 6.07) is 1.99. The van der Waals surface area contributed by atoms with Gasteiger partial charge in [0, 0.05) is 29.9 Å². The number of hydrogen-bond acceptors (Lipinski definition) is 6. The van der Waals surface area contributed by atoms with Gasteiger partial charge in [-0.1, -0.05) is 12.8 Å². The van der Waals surface area contributed by atoms with E-state index in [0.29, 0.717) is 36.4 Å². The van der Waals surface area contributed by atoms with E-state index in [-0.39, 0.29) is 17.4 Å². The standard InChI is InChI=1S/C19H19F3N4O4/c1-10-9-23-17(8-16(10)30-26(28)29)24-14-4-2-3-5-15(14)25-19(27)11-6-12(20)18(22)13(21)7-11/h6-9,14-15H,2-5H2,1H3,(H,23,24)(H,25,27). The van der Waals surface area contributed by atoms with Gasteiger partial charge in [-0.15, -0.1) is 10.1 Å². The first kappa shape index (κ1) is 21.3. The highest BCUT2D eigenvalue weighted by Gasteiger charge is 2.28. The Morgan fingerprint density at radius 1 is 1.17 bits per heavy atom. The van der Waals surface area contributed by atoms with Crippen molar-refractivity contribution in [3.8, 4) is 5.75 Å². The summed E-state index contributed by atoms with van der Waals surface area (Å²) in [4.78, 5) is 31.8. The average molecular weight is 424 g/mol. The van der Waals surface area contributed by atoms with Crippen molar-refractivity contribution in [2.24, 2.45) is 0 Å². The molecule has 1 heterocycles. The lowest BCUT2D eigenvalue weighted by Crippen LogP contribution is -2.48. The highest BCUT2D eigenvalue weighted by molar-refractivity contribution is 5.94. The maximum absolute atomic E-state index is 13.4. The summed E-state index contributed by atoms with van der Waals surface area (Å²) < 4.78 is 40.0. The number of rotatable bonds is 6. The van der Waals surface area contributed by atoms with Crippen LogP contribution in [0.25, 0.3) is 0 Å². The number of carbonyl (C=O) groups excluding carboxylic acids is 1. The van der Waals surface area contributed by atoms with Crippen LogP contribution in [0.4, 0.5) is 19.0 Å². The smallest absolute Gasteiger partial charge is 0.299 e. The normalized spacial score (nSPS) is 18.5. The molecule has 2 N–H and O–H groups in total. The van der Waals surface area contributed by atoms with Crippen LogP contribution in [0.2, 0.25) is 0 Å². The zero-order valence-corrected chi connectivity index (χ0v) is 16.0. The predicted octanol–water partition coefficient (Wildman–Crippen LogP) is 3.53. The van der Waals surface area contributed by atoms with Crippen LogP contribution in [0.15, 0.2) is 24.4 Å². The van der Waals surface area contributed by atoms with Crippen molar-refractivity contribution in [3.05, 3.63) is 63.1 Å². The number of amides is 1. The summed E-state index contributed by atoms with van der Waals surface area (Å²) >= 11 is 0. The van der Waals surface area contributed by atoms with E-state index in [2.05, 4.69) is 20.5 Å². The third kappa shape index (κ3) is 4.97. The van der Waals surface area contributed by atoms with Gasteiger partial charge in [-0.3, -0.25) is 9.63 Å². The van der Waals surface area contributed by atoms with Crippen LogP contribution in [0, 0.1) is 34.5 Å². The van der Waals surface area contributed by atoms with Crippen molar-refractivity contribution in [2.75, 3.05) is 5.32 Å². The molecule has 3 rings (SSSR count). The van der Waals surface area contributed by atoms with E-state index in [1.165, 1.54) is 12.3 Å². The quantitative estimate of drug-likeness (QED) is 0.417. The minimum atomic E-state index is -1.64. The van der Waals surface area contributed by atoms with Crippen LogP contribution >= 0.6 is 0 Å². The molecule has 0 aliphatic heterocycles. The Labute approximate surface area is 169 Å². The number of aromatic nitrogens is 1. The molecule has 8 nitrogen and oxygen atoms in total. The first-order valence-corrected chi connectivity index (χ1v) is 9.25. The third-order valence-electron chi connectivity index (χ3n) is 4.89. The van der Waals surface area contributed by atoms with Crippen molar-refractivity contribution < 1.29 is 27.9 Å². The number of halogens is 3. The molecule has 1 aromatic carbocycles. The first-order chi connectivity index (χ1) is 14.2. The molecule has 1 saturated carbocycles. The lowest BCUT2D eigenvalue weighted by atomic mass is 9.90. The number of anilines is 1. The summed E-state index contributed by atoms with van der Waals surface area (Å²) in [6.07, 6.45) is 4.37. The summed E-state index contributed by atoms with van der Waals surface area (Å²) in [5.41, 5.74) is 0.150. The largest absolute Gasteiger partial charge is 0.365 e. The fourth-order valence-corrected chi connectivity index (χ4v) is 3.37. The predicted molar refractivity (Wildman–Crippen MR) is 100 cm³/mol. The van der Waals surface area contributed by atoms with Gasteiger partial charge in [0.05, 0.1) is 0 Å². The van der Waals surface area contributed by atoms with E-state index >= 15 is 0 Å². The Morgan fingerprint density at radius 3 is 2.43 bits per heavy atom. The summed E-state index contributed by atoms with van der Waals surface area (Å²) in [7, 11) is 0. The van der Waals surface area contributed by atoms with Crippen molar-refractivity contribution in [1.82, 2.24) is 10.3 Å². The van der Waals surface area contributed by atoms with Crippen LogP contribution < -0.4 is 15.5 Å². The number of benzene rings is 1. The fourth-order valence-electron chi connectivity index (χ4n) is 3.37. The average Bonchev–Trinajstić information content (AvgIpc) is 2.69. The van der Waals surface area contributed by atoms with Gasteiger partial charge in [-0.2, -0.15) is 0 Å². The zero-order valence-electron chi connectivity index (χ0n) is 16.0. The second-order valence-electron chi connectivity index (χ2n) is 7.02. The van der Waals surface area contributed by atoms with Crippen molar-refractivity contribution >= 4 is 11.7 Å². The molecule has 11 heteroatoms. The molecule has 0 saturated heterocycles. The second kappa shape index (κ2) is 8.97. The molecule has 0 radical (unpaired) electrons. The summed E-state index contributed by atoms with van der Waals surface area (Å²) in [5, 5.41) is 15.5. The molecule has 1 aliphatic carbocycles. The fraction of sp³-hybridized carbons (Fsp3) is 0.368. The molecule has 2 unspecified atom stereocenters. The number of carbonyl (C=O) groups is 1. The van der Waals surface area contributed by atoms with Crippen molar-refractivity contribution in [1.29, 1.82) is 0 Å². The Bertz CT molecular complexity index is 950. The van der Waals surface area contributed by atoms with E-state index in [4.69, 9.17) is 0 Å². The zero-order chi connectivity index (χ0) is 21.8. The van der Waals surface area contributed by atoms with Crippen LogP contribution in [-0.2, 0) is 0 Å². The number of nitrogens with one attached hydrogen (secondary N) is 2. The van der Waals surface area contributed by atoms with E-state index in [1.807, 2.05) is 0 Å². The monoisotopic (exact) mass is 424 g/mol. The van der Waals surface area contributed by atoms with Gasteiger partial charge in [-0.05, 0) is 37.5 Å². The molecule has 160 valence electrons. The summed E-state index contributed by atoms with van der Waals surface area (Å²) in [5.74, 6) is -4.90. The summed E-state index contributed by atoms with van der Waals surface area (Å²) in [6.45, 7) is 1.61. The molecule has 0 spiro atoms. The van der Waals surface area contributed by atoms with E-state index < -0.39 is 34.5 Å². The van der Waals surface area contributed by atoms with E-state index in [0.717, 1.165) is 12.8 Å². The number of aryl methyl sites for hydroxylation is 1. The van der Waals surface area contributed by atoms with E-state index in [1.54, 1.807) is 6.92 Å². The third-order valence-corrected chi connectivity index (χ3v) is 4.89. The molecule has 2 atom stereocenters. The Morgan fingerprint density at radius 2 is 1.80 bits per heavy atom. The number of nitrogens with zero attached hydrogens (tertiary/aromatic N) is 2. The maximum atomic E-state index is 13.4. The molecular formula is C19H19F3N4O4. The van der Waals surface area contributed by atoms with Crippen LogP contribution in [0.1, 0.15) is 41.6 Å². The van der Waals surface area contributed by atoms with Gasteiger partial charge in [0.1, 0.15) is 11.6 Å². The minimum absolute atomic E-state index is 0.0335. The molecule has 1 aromatic heterocycles. The molecule has 30 heavy (non-hydrogen) atoms. The Balaban J connectivity index is 1.74. The minimum Gasteiger partial charge on any atom is -0.365 e. The Kier molecular flexibility index (Phi) is 6.38. The lowest BCUT2D eigenvalue weighted by Gasteiger charge is -2.33. The second-order valence-corrected chi connectivity index (χ2v) is 7.02. The van der Waals surface area contributed by atoms with Crippen LogP contribution in [0.5, 0.6) is 5.75 Å². The van der Waals surface area contributed by atoms with Crippen LogP contribution in [-0.4, -0.2) is 28.1 Å². The van der Waals surface area contributed by atoms with E-state index in [9.17, 15) is 28.1 Å². The number of hydrogen-bond donors (Lipinski definition) is 2. The number of pyridine rings is 1. The van der Waals surface area contributed by atoms with Gasteiger partial charge < -0.3 is 10.6 Å². The van der Waals surface area contributed by atoms with Gasteiger partial charge in [0.15, 0.2) is 17.5 Å². The molecule has 1 fully saturated rings. The lowest BCUT2D eigenvalue weighted by molar-refractivity contribution is -0.711. The highest BCUT2D eigenvalue weighted by Crippen LogP contribution is 2.25. The molecule has 0 bridgehead atoms. The SMILES string of the molecule is Cc1cnc(NC2CCCCC2NC(=O)c2cc(F)c(F)c(F)c2)cc1O[N+](=O)[O-]. The molecule has 1 amide bonds. The molecule has 2 aromatic rings. The van der Waals surface area contributed by atoms with Gasteiger partial charge >= 0.3 is 0 Å². The molecular weight excluding hydrogens is 405 g/mol. The van der Waals surface area contributed by atoms with Crippen LogP contribution in [0.3, 0.4) is 0 Å². The highest BCUT2D eigenvalue weighted by atomic mass is 19.2. The van der Waals surface area contributed by atoms with Gasteiger partial charge in [0.25, 0.3) is 11.0 Å².